The van der Waals surface area contributed by atoms with Crippen molar-refractivity contribution < 1.29 is 9.59 Å². The van der Waals surface area contributed by atoms with Crippen molar-refractivity contribution in [2.24, 2.45) is 0 Å². The lowest BCUT2D eigenvalue weighted by atomic mass is 10.2. The average Bonchev–Trinajstić information content (AvgIpc) is 2.78. The Labute approximate surface area is 115 Å². The van der Waals surface area contributed by atoms with Gasteiger partial charge in [-0.15, -0.1) is 6.58 Å². The van der Waals surface area contributed by atoms with Gasteiger partial charge in [-0.05, 0) is 25.5 Å². The second-order valence-corrected chi connectivity index (χ2v) is 4.33. The molecule has 0 aliphatic heterocycles. The number of carbonyl (C=O) groups is 2. The van der Waals surface area contributed by atoms with Gasteiger partial charge in [0.05, 0.1) is 5.39 Å². The van der Waals surface area contributed by atoms with Gasteiger partial charge < -0.3 is 10.6 Å². The molecule has 0 saturated carbocycles. The number of amides is 2. The minimum Gasteiger partial charge on any atom is -0.344 e. The van der Waals surface area contributed by atoms with Gasteiger partial charge in [-0.1, -0.05) is 6.08 Å². The highest BCUT2D eigenvalue weighted by Gasteiger charge is 2.17. The monoisotopic (exact) mass is 273 g/mol. The molecule has 0 aromatic carbocycles. The quantitative estimate of drug-likeness (QED) is 0.569. The van der Waals surface area contributed by atoms with Crippen LogP contribution in [0.3, 0.4) is 0 Å². The molecule has 0 aliphatic carbocycles. The van der Waals surface area contributed by atoms with Crippen molar-refractivity contribution in [3.63, 3.8) is 0 Å². The van der Waals surface area contributed by atoms with Gasteiger partial charge in [0.2, 0.25) is 0 Å². The Balaban J connectivity index is 2.24. The summed E-state index contributed by atoms with van der Waals surface area (Å²) in [5.74, 6) is -1.22. The van der Waals surface area contributed by atoms with Gasteiger partial charge >= 0.3 is 11.8 Å². The molecule has 2 aromatic rings. The number of rotatable bonds is 3. The molecule has 2 rings (SSSR count). The van der Waals surface area contributed by atoms with Crippen LogP contribution >= 0.6 is 0 Å². The van der Waals surface area contributed by atoms with Gasteiger partial charge in [-0.3, -0.25) is 14.7 Å². The molecule has 0 bridgehead atoms. The zero-order chi connectivity index (χ0) is 14.7. The van der Waals surface area contributed by atoms with Crippen molar-refractivity contribution in [3.05, 3.63) is 30.0 Å². The Morgan fingerprint density at radius 1 is 1.40 bits per heavy atom. The molecular weight excluding hydrogens is 258 g/mol. The average molecular weight is 273 g/mol. The van der Waals surface area contributed by atoms with E-state index < -0.39 is 11.8 Å². The Morgan fingerprint density at radius 3 is 2.85 bits per heavy atom. The molecule has 104 valence electrons. The van der Waals surface area contributed by atoms with Gasteiger partial charge in [-0.25, -0.2) is 4.98 Å². The van der Waals surface area contributed by atoms with Gasteiger partial charge in [0.15, 0.2) is 11.5 Å². The number of aromatic amines is 1. The SMILES string of the molecule is C=CCNC(=O)C(=O)Nc1n[nH]c2nc(C)cc(C)c12. The lowest BCUT2D eigenvalue weighted by Crippen LogP contribution is -2.35. The molecule has 7 heteroatoms. The number of fused-ring (bicyclic) bond motifs is 1. The molecule has 7 nitrogen and oxygen atoms in total. The van der Waals surface area contributed by atoms with Gasteiger partial charge in [-0.2, -0.15) is 5.10 Å². The molecule has 2 aromatic heterocycles. The van der Waals surface area contributed by atoms with Crippen molar-refractivity contribution in [2.75, 3.05) is 11.9 Å². The molecular formula is C13H15N5O2. The number of nitrogens with one attached hydrogen (secondary N) is 3. The van der Waals surface area contributed by atoms with E-state index in [0.29, 0.717) is 16.9 Å². The third kappa shape index (κ3) is 2.66. The summed E-state index contributed by atoms with van der Waals surface area (Å²) in [6.45, 7) is 7.44. The third-order valence-corrected chi connectivity index (χ3v) is 2.70. The number of hydrogen-bond acceptors (Lipinski definition) is 4. The molecule has 0 saturated heterocycles. The molecule has 3 N–H and O–H groups in total. The molecule has 0 spiro atoms. The van der Waals surface area contributed by atoms with Gasteiger partial charge in [0.1, 0.15) is 0 Å². The van der Waals surface area contributed by atoms with Crippen LogP contribution < -0.4 is 10.6 Å². The van der Waals surface area contributed by atoms with Crippen LogP contribution in [0, 0.1) is 13.8 Å². The zero-order valence-electron chi connectivity index (χ0n) is 11.3. The molecule has 2 amide bonds. The summed E-state index contributed by atoms with van der Waals surface area (Å²) in [7, 11) is 0. The molecule has 0 unspecified atom stereocenters. The minimum atomic E-state index is -0.778. The smallest absolute Gasteiger partial charge is 0.314 e. The van der Waals surface area contributed by atoms with Crippen molar-refractivity contribution >= 4 is 28.7 Å². The Kier molecular flexibility index (Phi) is 3.79. The van der Waals surface area contributed by atoms with E-state index >= 15 is 0 Å². The molecule has 0 aliphatic rings. The number of H-pyrrole nitrogens is 1. The van der Waals surface area contributed by atoms with E-state index in [4.69, 9.17) is 0 Å². The van der Waals surface area contributed by atoms with Crippen LogP contribution in [0.25, 0.3) is 11.0 Å². The maximum Gasteiger partial charge on any atom is 0.314 e. The van der Waals surface area contributed by atoms with Crippen LogP contribution in [0.4, 0.5) is 5.82 Å². The first kappa shape index (κ1) is 13.7. The zero-order valence-corrected chi connectivity index (χ0v) is 11.3. The van der Waals surface area contributed by atoms with Crippen molar-refractivity contribution in [1.82, 2.24) is 20.5 Å². The third-order valence-electron chi connectivity index (χ3n) is 2.70. The van der Waals surface area contributed by atoms with Crippen LogP contribution in [0.2, 0.25) is 0 Å². The van der Waals surface area contributed by atoms with Crippen molar-refractivity contribution in [2.45, 2.75) is 13.8 Å². The lowest BCUT2D eigenvalue weighted by molar-refractivity contribution is -0.136. The molecule has 20 heavy (non-hydrogen) atoms. The second kappa shape index (κ2) is 5.52. The van der Waals surface area contributed by atoms with E-state index in [1.807, 2.05) is 19.9 Å². The van der Waals surface area contributed by atoms with Crippen LogP contribution in [0.15, 0.2) is 18.7 Å². The maximum absolute atomic E-state index is 11.7. The van der Waals surface area contributed by atoms with Crippen LogP contribution in [-0.2, 0) is 9.59 Å². The second-order valence-electron chi connectivity index (χ2n) is 4.33. The Bertz CT molecular complexity index is 689. The van der Waals surface area contributed by atoms with E-state index in [1.165, 1.54) is 6.08 Å². The van der Waals surface area contributed by atoms with E-state index in [9.17, 15) is 9.59 Å². The predicted molar refractivity (Wildman–Crippen MR) is 75.2 cm³/mol. The van der Waals surface area contributed by atoms with Gasteiger partial charge in [0, 0.05) is 12.2 Å². The minimum absolute atomic E-state index is 0.230. The summed E-state index contributed by atoms with van der Waals surface area (Å²) in [5.41, 5.74) is 2.34. The summed E-state index contributed by atoms with van der Waals surface area (Å²) in [6, 6.07) is 1.88. The summed E-state index contributed by atoms with van der Waals surface area (Å²) in [4.78, 5) is 27.5. The molecule has 0 radical (unpaired) electrons. The lowest BCUT2D eigenvalue weighted by Gasteiger charge is -2.04. The van der Waals surface area contributed by atoms with Gasteiger partial charge in [0.25, 0.3) is 0 Å². The highest BCUT2D eigenvalue weighted by molar-refractivity contribution is 6.40. The Morgan fingerprint density at radius 2 is 2.15 bits per heavy atom. The first-order valence-electron chi connectivity index (χ1n) is 6.05. The normalized spacial score (nSPS) is 10.3. The van der Waals surface area contributed by atoms with Crippen LogP contribution in [0.5, 0.6) is 0 Å². The first-order chi connectivity index (χ1) is 9.52. The van der Waals surface area contributed by atoms with Crippen LogP contribution in [0.1, 0.15) is 11.3 Å². The number of carbonyl (C=O) groups excluding carboxylic acids is 2. The highest BCUT2D eigenvalue weighted by Crippen LogP contribution is 2.23. The maximum atomic E-state index is 11.7. The fourth-order valence-corrected chi connectivity index (χ4v) is 1.88. The molecule has 0 atom stereocenters. The standard InChI is InChI=1S/C13H15N5O2/c1-4-5-14-12(19)13(20)16-11-9-7(2)6-8(3)15-10(9)17-18-11/h4,6H,1,5H2,2-3H3,(H,14,19)(H2,15,16,17,18,20). The summed E-state index contributed by atoms with van der Waals surface area (Å²) in [6.07, 6.45) is 1.49. The highest BCUT2D eigenvalue weighted by atomic mass is 16.2. The number of pyridine rings is 1. The number of hydrogen-bond donors (Lipinski definition) is 3. The van der Waals surface area contributed by atoms with E-state index in [2.05, 4.69) is 32.4 Å². The largest absolute Gasteiger partial charge is 0.344 e. The predicted octanol–water partition coefficient (Wildman–Crippen LogP) is 0.815. The number of nitrogens with zero attached hydrogens (tertiary/aromatic N) is 2. The molecule has 2 heterocycles. The summed E-state index contributed by atoms with van der Waals surface area (Å²) < 4.78 is 0. The topological polar surface area (TPSA) is 99.8 Å². The number of aryl methyl sites for hydroxylation is 2. The fourth-order valence-electron chi connectivity index (χ4n) is 1.88. The van der Waals surface area contributed by atoms with Crippen molar-refractivity contribution in [1.29, 1.82) is 0 Å². The number of aromatic nitrogens is 3. The first-order valence-corrected chi connectivity index (χ1v) is 6.05. The van der Waals surface area contributed by atoms with Crippen LogP contribution in [-0.4, -0.2) is 33.5 Å². The van der Waals surface area contributed by atoms with E-state index in [1.54, 1.807) is 0 Å². The fraction of sp³-hybridized carbons (Fsp3) is 0.231. The van der Waals surface area contributed by atoms with Crippen molar-refractivity contribution in [3.8, 4) is 0 Å². The summed E-state index contributed by atoms with van der Waals surface area (Å²) in [5, 5.41) is 12.3. The Hall–Kier alpha value is -2.70. The summed E-state index contributed by atoms with van der Waals surface area (Å²) >= 11 is 0. The molecule has 0 fully saturated rings. The van der Waals surface area contributed by atoms with E-state index in [0.717, 1.165) is 11.3 Å². The number of anilines is 1. The van der Waals surface area contributed by atoms with E-state index in [-0.39, 0.29) is 6.54 Å².